The molecule has 0 aliphatic carbocycles. The number of hydrogen-bond acceptors (Lipinski definition) is 7. The summed E-state index contributed by atoms with van der Waals surface area (Å²) in [5, 5.41) is 5.21. The number of rotatable bonds is 4. The quantitative estimate of drug-likeness (QED) is 0.711. The Bertz CT molecular complexity index is 836. The molecule has 0 bridgehead atoms. The number of hydrogen-bond donors (Lipinski definition) is 2. The molecule has 1 saturated heterocycles. The van der Waals surface area contributed by atoms with Gasteiger partial charge in [-0.3, -0.25) is 9.59 Å². The highest BCUT2D eigenvalue weighted by Crippen LogP contribution is 2.32. The number of carbonyl (C=O) groups excluding carboxylic acids is 3. The lowest BCUT2D eigenvalue weighted by molar-refractivity contribution is -0.124. The number of carbonyl (C=O) groups is 3. The van der Waals surface area contributed by atoms with Crippen molar-refractivity contribution in [1.29, 1.82) is 0 Å². The first-order valence-corrected chi connectivity index (χ1v) is 10.4. The van der Waals surface area contributed by atoms with Gasteiger partial charge in [0, 0.05) is 10.9 Å². The summed E-state index contributed by atoms with van der Waals surface area (Å²) >= 11 is 1.38. The zero-order chi connectivity index (χ0) is 18.0. The molecule has 0 saturated carbocycles. The van der Waals surface area contributed by atoms with Crippen molar-refractivity contribution in [3.8, 4) is 0 Å². The number of sulfone groups is 1. The van der Waals surface area contributed by atoms with Crippen LogP contribution in [0.3, 0.4) is 0 Å². The minimum atomic E-state index is -3.09. The first-order valence-electron chi connectivity index (χ1n) is 7.56. The molecule has 0 radical (unpaired) electrons. The molecule has 1 aromatic rings. The second kappa shape index (κ2) is 7.04. The summed E-state index contributed by atoms with van der Waals surface area (Å²) < 4.78 is 27.6. The number of benzene rings is 1. The highest BCUT2D eigenvalue weighted by atomic mass is 32.2. The number of ether oxygens (including phenoxy) is 1. The first-order chi connectivity index (χ1) is 11.8. The van der Waals surface area contributed by atoms with Crippen LogP contribution in [-0.4, -0.2) is 56.1 Å². The van der Waals surface area contributed by atoms with Gasteiger partial charge in [0.2, 0.25) is 5.91 Å². The Morgan fingerprint density at radius 3 is 2.88 bits per heavy atom. The maximum atomic E-state index is 12.0. The predicted molar refractivity (Wildman–Crippen MR) is 91.3 cm³/mol. The fourth-order valence-electron chi connectivity index (χ4n) is 2.60. The molecule has 0 spiro atoms. The van der Waals surface area contributed by atoms with E-state index in [0.29, 0.717) is 17.9 Å². The van der Waals surface area contributed by atoms with Crippen LogP contribution < -0.4 is 10.6 Å². The van der Waals surface area contributed by atoms with E-state index in [1.54, 1.807) is 12.1 Å². The van der Waals surface area contributed by atoms with Crippen LogP contribution in [0.15, 0.2) is 23.1 Å². The van der Waals surface area contributed by atoms with Crippen LogP contribution in [0.25, 0.3) is 0 Å². The Labute approximate surface area is 148 Å². The van der Waals surface area contributed by atoms with Crippen LogP contribution in [0, 0.1) is 0 Å². The van der Waals surface area contributed by atoms with Gasteiger partial charge in [0.25, 0.3) is 5.91 Å². The van der Waals surface area contributed by atoms with E-state index in [9.17, 15) is 22.8 Å². The zero-order valence-electron chi connectivity index (χ0n) is 13.1. The number of esters is 1. The molecule has 0 unspecified atom stereocenters. The molecule has 1 fully saturated rings. The summed E-state index contributed by atoms with van der Waals surface area (Å²) in [5.74, 6) is -1.09. The average molecular weight is 384 g/mol. The van der Waals surface area contributed by atoms with Gasteiger partial charge in [0.1, 0.15) is 0 Å². The number of amides is 2. The number of thioether (sulfide) groups is 1. The smallest absolute Gasteiger partial charge is 0.338 e. The summed E-state index contributed by atoms with van der Waals surface area (Å²) in [6.45, 7) is -0.492. The second-order valence-corrected chi connectivity index (χ2v) is 9.04. The molecule has 1 atom stereocenters. The van der Waals surface area contributed by atoms with Crippen molar-refractivity contribution in [3.63, 3.8) is 0 Å². The number of fused-ring (bicyclic) bond motifs is 1. The fourth-order valence-corrected chi connectivity index (χ4v) is 5.06. The monoisotopic (exact) mass is 384 g/mol. The largest absolute Gasteiger partial charge is 0.452 e. The fraction of sp³-hybridized carbons (Fsp3) is 0.400. The van der Waals surface area contributed by atoms with Crippen molar-refractivity contribution < 1.29 is 27.5 Å². The highest BCUT2D eigenvalue weighted by Gasteiger charge is 2.29. The van der Waals surface area contributed by atoms with E-state index in [1.807, 2.05) is 0 Å². The van der Waals surface area contributed by atoms with Crippen LogP contribution in [-0.2, 0) is 24.2 Å². The summed E-state index contributed by atoms with van der Waals surface area (Å²) in [5.41, 5.74) is 0.758. The maximum Gasteiger partial charge on any atom is 0.338 e. The van der Waals surface area contributed by atoms with Gasteiger partial charge >= 0.3 is 5.97 Å². The van der Waals surface area contributed by atoms with E-state index in [-0.39, 0.29) is 23.0 Å². The third-order valence-corrected chi connectivity index (χ3v) is 6.62. The average Bonchev–Trinajstić information content (AvgIpc) is 2.90. The molecule has 2 heterocycles. The lowest BCUT2D eigenvalue weighted by Crippen LogP contribution is -2.38. The molecule has 2 amide bonds. The van der Waals surface area contributed by atoms with Crippen molar-refractivity contribution in [2.24, 2.45) is 0 Å². The maximum absolute atomic E-state index is 12.0. The molecule has 134 valence electrons. The molecule has 2 N–H and O–H groups in total. The third kappa shape index (κ3) is 4.51. The Morgan fingerprint density at radius 2 is 2.16 bits per heavy atom. The van der Waals surface area contributed by atoms with E-state index >= 15 is 0 Å². The van der Waals surface area contributed by atoms with E-state index < -0.39 is 34.4 Å². The third-order valence-electron chi connectivity index (χ3n) is 3.78. The molecule has 25 heavy (non-hydrogen) atoms. The lowest BCUT2D eigenvalue weighted by atomic mass is 10.2. The van der Waals surface area contributed by atoms with Gasteiger partial charge < -0.3 is 15.4 Å². The van der Waals surface area contributed by atoms with Crippen molar-refractivity contribution in [2.75, 3.05) is 29.2 Å². The molecule has 2 aliphatic heterocycles. The van der Waals surface area contributed by atoms with E-state index in [2.05, 4.69) is 10.6 Å². The minimum Gasteiger partial charge on any atom is -0.452 e. The molecule has 0 aromatic heterocycles. The van der Waals surface area contributed by atoms with Gasteiger partial charge in [-0.25, -0.2) is 13.2 Å². The molecule has 2 aliphatic rings. The Kier molecular flexibility index (Phi) is 5.00. The molecular formula is C15H16N2O6S2. The van der Waals surface area contributed by atoms with Crippen molar-refractivity contribution in [3.05, 3.63) is 23.8 Å². The summed E-state index contributed by atoms with van der Waals surface area (Å²) in [4.78, 5) is 36.1. The van der Waals surface area contributed by atoms with Crippen LogP contribution in [0.2, 0.25) is 0 Å². The van der Waals surface area contributed by atoms with Gasteiger partial charge in [0.05, 0.1) is 28.5 Å². The molecule has 8 nitrogen and oxygen atoms in total. The van der Waals surface area contributed by atoms with Crippen LogP contribution in [0.4, 0.5) is 5.69 Å². The zero-order valence-corrected chi connectivity index (χ0v) is 14.7. The van der Waals surface area contributed by atoms with E-state index in [0.717, 1.165) is 4.90 Å². The number of anilines is 1. The Balaban J connectivity index is 1.53. The van der Waals surface area contributed by atoms with Gasteiger partial charge in [-0.15, -0.1) is 11.8 Å². The summed E-state index contributed by atoms with van der Waals surface area (Å²) in [6.07, 6.45) is 0.365. The normalized spacial score (nSPS) is 21.1. The van der Waals surface area contributed by atoms with Crippen LogP contribution >= 0.6 is 11.8 Å². The van der Waals surface area contributed by atoms with E-state index in [1.165, 1.54) is 17.8 Å². The van der Waals surface area contributed by atoms with E-state index in [4.69, 9.17) is 4.74 Å². The number of nitrogens with one attached hydrogen (secondary N) is 2. The van der Waals surface area contributed by atoms with Gasteiger partial charge in [-0.05, 0) is 24.6 Å². The minimum absolute atomic E-state index is 0.0522. The Morgan fingerprint density at radius 1 is 1.36 bits per heavy atom. The van der Waals surface area contributed by atoms with Gasteiger partial charge in [0.15, 0.2) is 16.4 Å². The van der Waals surface area contributed by atoms with Crippen molar-refractivity contribution in [2.45, 2.75) is 17.4 Å². The van der Waals surface area contributed by atoms with Crippen molar-refractivity contribution >= 4 is 45.1 Å². The standard InChI is InChI=1S/C15H16N2O6S2/c18-13(16-10-3-4-25(21,22)8-10)6-23-15(20)9-1-2-12-11(5-9)17-14(19)7-24-12/h1-2,5,10H,3-4,6-8H2,(H,16,18)(H,17,19)/t10-/m1/s1. The molecule has 3 rings (SSSR count). The van der Waals surface area contributed by atoms with Crippen LogP contribution in [0.1, 0.15) is 16.8 Å². The molecule has 1 aromatic carbocycles. The first kappa shape index (κ1) is 17.7. The summed E-state index contributed by atoms with van der Waals surface area (Å²) in [7, 11) is -3.09. The van der Waals surface area contributed by atoms with Gasteiger partial charge in [-0.1, -0.05) is 0 Å². The molecular weight excluding hydrogens is 368 g/mol. The molecule has 10 heteroatoms. The highest BCUT2D eigenvalue weighted by molar-refractivity contribution is 8.00. The topological polar surface area (TPSA) is 119 Å². The predicted octanol–water partition coefficient (Wildman–Crippen LogP) is 0.191. The van der Waals surface area contributed by atoms with Crippen LogP contribution in [0.5, 0.6) is 0 Å². The Hall–Kier alpha value is -2.07. The SMILES string of the molecule is O=C1CSc2ccc(C(=O)OCC(=O)N[C@@H]3CCS(=O)(=O)C3)cc2N1. The summed E-state index contributed by atoms with van der Waals surface area (Å²) in [6, 6.07) is 4.34. The lowest BCUT2D eigenvalue weighted by Gasteiger charge is -2.16. The van der Waals surface area contributed by atoms with Gasteiger partial charge in [-0.2, -0.15) is 0 Å². The van der Waals surface area contributed by atoms with Crippen molar-refractivity contribution in [1.82, 2.24) is 5.32 Å². The second-order valence-electron chi connectivity index (χ2n) is 5.79.